The molecule has 0 atom stereocenters. The molecule has 22 heavy (non-hydrogen) atoms. The van der Waals surface area contributed by atoms with Gasteiger partial charge in [0.05, 0.1) is 21.4 Å². The van der Waals surface area contributed by atoms with Gasteiger partial charge in [-0.05, 0) is 48.2 Å². The normalized spacial score (nSPS) is 11.9. The molecule has 2 rings (SSSR count). The van der Waals surface area contributed by atoms with Crippen LogP contribution in [-0.2, 0) is 6.18 Å². The Morgan fingerprint density at radius 1 is 1.36 bits per heavy atom. The molecule has 0 aliphatic carbocycles. The van der Waals surface area contributed by atoms with Crippen LogP contribution in [0.4, 0.5) is 18.9 Å². The molecule has 0 aliphatic heterocycles. The Balaban J connectivity index is 2.43. The molecular weight excluding hydrogens is 323 g/mol. The lowest BCUT2D eigenvalue weighted by Gasteiger charge is -2.09. The minimum absolute atomic E-state index is 0.0368. The monoisotopic (exact) mass is 333 g/mol. The van der Waals surface area contributed by atoms with Gasteiger partial charge < -0.3 is 0 Å². The van der Waals surface area contributed by atoms with E-state index in [1.54, 1.807) is 0 Å². The third-order valence-electron chi connectivity index (χ3n) is 2.64. The van der Waals surface area contributed by atoms with E-state index in [-0.39, 0.29) is 16.1 Å². The number of nitro groups is 1. The summed E-state index contributed by atoms with van der Waals surface area (Å²) in [4.78, 5) is 10.2. The smallest absolute Gasteiger partial charge is 0.258 e. The van der Waals surface area contributed by atoms with Gasteiger partial charge in [0.1, 0.15) is 0 Å². The summed E-state index contributed by atoms with van der Waals surface area (Å²) in [7, 11) is 0. The molecule has 2 aromatic rings. The average molecular weight is 333 g/mol. The quantitative estimate of drug-likeness (QED) is 0.630. The number of tetrazole rings is 1. The van der Waals surface area contributed by atoms with Crippen LogP contribution in [0.5, 0.6) is 0 Å². The van der Waals surface area contributed by atoms with Crippen molar-refractivity contribution in [2.24, 2.45) is 0 Å². The number of hydrogen-bond donors (Lipinski definition) is 0. The molecular formula is C11H10F3N5O2S. The molecule has 0 amide bonds. The van der Waals surface area contributed by atoms with Crippen LogP contribution in [0.25, 0.3) is 0 Å². The van der Waals surface area contributed by atoms with E-state index in [0.717, 1.165) is 23.9 Å². The summed E-state index contributed by atoms with van der Waals surface area (Å²) in [5.74, 6) is 0. The van der Waals surface area contributed by atoms with Crippen LogP contribution in [0.2, 0.25) is 0 Å². The summed E-state index contributed by atoms with van der Waals surface area (Å²) in [6, 6.07) is 2.25. The highest BCUT2D eigenvalue weighted by atomic mass is 32.2. The number of halogens is 3. The summed E-state index contributed by atoms with van der Waals surface area (Å²) in [6.45, 7) is 3.61. The molecule has 0 spiro atoms. The van der Waals surface area contributed by atoms with Crippen LogP contribution in [0.15, 0.2) is 28.3 Å². The highest BCUT2D eigenvalue weighted by Gasteiger charge is 2.33. The van der Waals surface area contributed by atoms with E-state index >= 15 is 0 Å². The van der Waals surface area contributed by atoms with Gasteiger partial charge in [-0.15, -0.1) is 5.10 Å². The predicted molar refractivity (Wildman–Crippen MR) is 70.4 cm³/mol. The lowest BCUT2D eigenvalue weighted by Crippen LogP contribution is -2.07. The van der Waals surface area contributed by atoms with Crippen LogP contribution in [0, 0.1) is 10.1 Å². The lowest BCUT2D eigenvalue weighted by molar-refractivity contribution is -0.388. The molecule has 0 unspecified atom stereocenters. The molecule has 1 aromatic carbocycles. The largest absolute Gasteiger partial charge is 0.416 e. The second kappa shape index (κ2) is 5.91. The molecule has 7 nitrogen and oxygen atoms in total. The van der Waals surface area contributed by atoms with Crippen molar-refractivity contribution in [1.29, 1.82) is 0 Å². The van der Waals surface area contributed by atoms with E-state index in [0.29, 0.717) is 6.07 Å². The summed E-state index contributed by atoms with van der Waals surface area (Å²) in [5, 5.41) is 22.2. The van der Waals surface area contributed by atoms with Crippen molar-refractivity contribution in [2.75, 3.05) is 0 Å². The first kappa shape index (κ1) is 16.2. The topological polar surface area (TPSA) is 86.7 Å². The molecule has 11 heteroatoms. The Kier molecular flexibility index (Phi) is 4.35. The van der Waals surface area contributed by atoms with Crippen molar-refractivity contribution in [3.63, 3.8) is 0 Å². The van der Waals surface area contributed by atoms with Gasteiger partial charge in [-0.25, -0.2) is 4.68 Å². The van der Waals surface area contributed by atoms with Crippen LogP contribution in [0.1, 0.15) is 25.5 Å². The summed E-state index contributed by atoms with van der Waals surface area (Å²) in [5.41, 5.74) is -1.72. The van der Waals surface area contributed by atoms with Crippen molar-refractivity contribution < 1.29 is 18.1 Å². The molecule has 0 aliphatic rings. The fourth-order valence-electron chi connectivity index (χ4n) is 1.60. The van der Waals surface area contributed by atoms with E-state index in [9.17, 15) is 23.3 Å². The first-order valence-corrected chi connectivity index (χ1v) is 6.83. The van der Waals surface area contributed by atoms with Crippen LogP contribution >= 0.6 is 11.8 Å². The highest BCUT2D eigenvalue weighted by molar-refractivity contribution is 7.99. The van der Waals surface area contributed by atoms with Crippen molar-refractivity contribution >= 4 is 17.4 Å². The molecule has 0 bridgehead atoms. The van der Waals surface area contributed by atoms with Crippen molar-refractivity contribution in [3.05, 3.63) is 33.9 Å². The third-order valence-corrected chi connectivity index (χ3v) is 3.65. The number of hydrogen-bond acceptors (Lipinski definition) is 6. The molecule has 1 aromatic heterocycles. The summed E-state index contributed by atoms with van der Waals surface area (Å²) >= 11 is 0.841. The minimum atomic E-state index is -4.65. The number of nitrogens with zero attached hydrogens (tertiary/aromatic N) is 5. The first-order valence-electron chi connectivity index (χ1n) is 6.01. The highest BCUT2D eigenvalue weighted by Crippen LogP contribution is 2.38. The van der Waals surface area contributed by atoms with E-state index in [1.807, 2.05) is 13.8 Å². The summed E-state index contributed by atoms with van der Waals surface area (Å²) in [6.07, 6.45) is -4.65. The van der Waals surface area contributed by atoms with Crippen LogP contribution in [0.3, 0.4) is 0 Å². The van der Waals surface area contributed by atoms with E-state index in [4.69, 9.17) is 0 Å². The Hall–Kier alpha value is -2.17. The Morgan fingerprint density at radius 2 is 2.05 bits per heavy atom. The second-order valence-corrected chi connectivity index (χ2v) is 5.55. The second-order valence-electron chi connectivity index (χ2n) is 4.54. The van der Waals surface area contributed by atoms with Gasteiger partial charge in [-0.3, -0.25) is 10.1 Å². The standard InChI is InChI=1S/C11H10F3N5O2S/c1-6(2)18-10(15-16-17-18)22-9-4-3-7(11(12,13)14)5-8(9)19(20)21/h3-6H,1-2H3. The number of aromatic nitrogens is 4. The lowest BCUT2D eigenvalue weighted by atomic mass is 10.2. The Bertz CT molecular complexity index is 701. The summed E-state index contributed by atoms with van der Waals surface area (Å²) < 4.78 is 39.4. The van der Waals surface area contributed by atoms with Gasteiger partial charge in [0.15, 0.2) is 0 Å². The molecule has 0 radical (unpaired) electrons. The van der Waals surface area contributed by atoms with E-state index in [2.05, 4.69) is 15.5 Å². The van der Waals surface area contributed by atoms with Crippen molar-refractivity contribution in [2.45, 2.75) is 36.1 Å². The van der Waals surface area contributed by atoms with Crippen molar-refractivity contribution in [1.82, 2.24) is 20.2 Å². The van der Waals surface area contributed by atoms with Crippen LogP contribution in [-0.4, -0.2) is 25.1 Å². The fourth-order valence-corrected chi connectivity index (χ4v) is 2.59. The van der Waals surface area contributed by atoms with Crippen LogP contribution < -0.4 is 0 Å². The maximum absolute atomic E-state index is 12.6. The van der Waals surface area contributed by atoms with Gasteiger partial charge in [0, 0.05) is 6.07 Å². The molecule has 0 saturated heterocycles. The number of nitro benzene ring substituents is 1. The third kappa shape index (κ3) is 3.35. The Morgan fingerprint density at radius 3 is 2.59 bits per heavy atom. The zero-order valence-corrected chi connectivity index (χ0v) is 12.2. The molecule has 0 fully saturated rings. The van der Waals surface area contributed by atoms with Gasteiger partial charge in [-0.2, -0.15) is 13.2 Å². The number of benzene rings is 1. The molecule has 1 heterocycles. The number of rotatable bonds is 4. The van der Waals surface area contributed by atoms with E-state index < -0.39 is 22.4 Å². The van der Waals surface area contributed by atoms with Gasteiger partial charge in [0.25, 0.3) is 5.69 Å². The van der Waals surface area contributed by atoms with Gasteiger partial charge >= 0.3 is 6.18 Å². The molecule has 0 N–H and O–H groups in total. The maximum Gasteiger partial charge on any atom is 0.416 e. The van der Waals surface area contributed by atoms with E-state index in [1.165, 1.54) is 4.68 Å². The number of alkyl halides is 3. The minimum Gasteiger partial charge on any atom is -0.258 e. The molecule has 0 saturated carbocycles. The zero-order valence-electron chi connectivity index (χ0n) is 11.4. The average Bonchev–Trinajstić information content (AvgIpc) is 2.86. The Labute approximate surface area is 126 Å². The van der Waals surface area contributed by atoms with Gasteiger partial charge in [0.2, 0.25) is 5.16 Å². The predicted octanol–water partition coefficient (Wildman–Crippen LogP) is 3.33. The maximum atomic E-state index is 12.6. The SMILES string of the molecule is CC(C)n1nnnc1Sc1ccc(C(F)(F)F)cc1[N+](=O)[O-]. The van der Waals surface area contributed by atoms with Crippen molar-refractivity contribution in [3.8, 4) is 0 Å². The zero-order chi connectivity index (χ0) is 16.5. The fraction of sp³-hybridized carbons (Fsp3) is 0.364. The first-order chi connectivity index (χ1) is 10.2. The molecule has 118 valence electrons. The van der Waals surface area contributed by atoms with Gasteiger partial charge in [-0.1, -0.05) is 0 Å².